The van der Waals surface area contributed by atoms with Crippen LogP contribution in [0.3, 0.4) is 0 Å². The van der Waals surface area contributed by atoms with E-state index in [4.69, 9.17) is 10.5 Å². The number of hydrogen-bond donors (Lipinski definition) is 2. The van der Waals surface area contributed by atoms with E-state index in [1.54, 1.807) is 34.8 Å². The van der Waals surface area contributed by atoms with Crippen molar-refractivity contribution in [3.8, 4) is 22.8 Å². The van der Waals surface area contributed by atoms with Crippen LogP contribution in [-0.2, 0) is 6.54 Å². The first-order valence-corrected chi connectivity index (χ1v) is 11.2. The van der Waals surface area contributed by atoms with Gasteiger partial charge in [0, 0.05) is 29.9 Å². The molecule has 3 N–H and O–H groups in total. The van der Waals surface area contributed by atoms with Gasteiger partial charge in [-0.15, -0.1) is 5.10 Å². The van der Waals surface area contributed by atoms with Crippen molar-refractivity contribution in [2.24, 2.45) is 5.73 Å². The summed E-state index contributed by atoms with van der Waals surface area (Å²) >= 11 is 0. The summed E-state index contributed by atoms with van der Waals surface area (Å²) in [5.41, 5.74) is 8.24. The van der Waals surface area contributed by atoms with Crippen molar-refractivity contribution in [2.75, 3.05) is 12.4 Å². The van der Waals surface area contributed by atoms with Crippen LogP contribution in [0.1, 0.15) is 24.8 Å². The summed E-state index contributed by atoms with van der Waals surface area (Å²) in [6.07, 6.45) is 6.42. The van der Waals surface area contributed by atoms with E-state index >= 15 is 0 Å². The molecule has 4 aromatic rings. The van der Waals surface area contributed by atoms with Gasteiger partial charge in [-0.2, -0.15) is 0 Å². The van der Waals surface area contributed by atoms with Crippen LogP contribution in [0.25, 0.3) is 17.1 Å². The van der Waals surface area contributed by atoms with Gasteiger partial charge in [-0.25, -0.2) is 9.67 Å². The molecule has 10 heteroatoms. The van der Waals surface area contributed by atoms with Crippen LogP contribution < -0.4 is 21.3 Å². The average Bonchev–Trinajstić information content (AvgIpc) is 3.49. The van der Waals surface area contributed by atoms with Gasteiger partial charge >= 0.3 is 0 Å². The number of benzene rings is 1. The Morgan fingerprint density at radius 3 is 2.68 bits per heavy atom. The Hall–Kier alpha value is -4.05. The highest BCUT2D eigenvalue weighted by Gasteiger charge is 2.21. The Labute approximate surface area is 196 Å². The smallest absolute Gasteiger partial charge is 0.255 e. The summed E-state index contributed by atoms with van der Waals surface area (Å²) in [5, 5.41) is 15.6. The lowest BCUT2D eigenvalue weighted by atomic mass is 10.2. The number of nitrogens with two attached hydrogens (primary N) is 1. The van der Waals surface area contributed by atoms with Gasteiger partial charge in [0.25, 0.3) is 5.56 Å². The zero-order valence-electron chi connectivity index (χ0n) is 18.8. The molecule has 0 spiro atoms. The Morgan fingerprint density at radius 1 is 1.12 bits per heavy atom. The largest absolute Gasteiger partial charge is 0.497 e. The highest BCUT2D eigenvalue weighted by molar-refractivity contribution is 5.54. The number of rotatable bonds is 7. The molecule has 3 heterocycles. The highest BCUT2D eigenvalue weighted by Crippen LogP contribution is 2.22. The second-order valence-corrected chi connectivity index (χ2v) is 8.45. The van der Waals surface area contributed by atoms with Crippen molar-refractivity contribution >= 4 is 5.82 Å². The summed E-state index contributed by atoms with van der Waals surface area (Å²) in [4.78, 5) is 17.1. The number of nitrogens with one attached hydrogen (secondary N) is 1. The molecule has 10 nitrogen and oxygen atoms in total. The van der Waals surface area contributed by atoms with Crippen LogP contribution in [0.4, 0.5) is 5.82 Å². The second-order valence-electron chi connectivity index (χ2n) is 8.45. The molecule has 5 rings (SSSR count). The predicted molar refractivity (Wildman–Crippen MR) is 128 cm³/mol. The van der Waals surface area contributed by atoms with E-state index in [-0.39, 0.29) is 11.6 Å². The Balaban J connectivity index is 1.37. The Kier molecular flexibility index (Phi) is 6.05. The molecule has 0 saturated heterocycles. The molecule has 1 aliphatic carbocycles. The molecule has 34 heavy (non-hydrogen) atoms. The minimum atomic E-state index is -0.165. The first kappa shape index (κ1) is 21.8. The van der Waals surface area contributed by atoms with E-state index < -0.39 is 0 Å². The number of ether oxygens (including phenoxy) is 1. The van der Waals surface area contributed by atoms with Crippen molar-refractivity contribution in [1.82, 2.24) is 29.8 Å². The number of hydrogen-bond acceptors (Lipinski definition) is 8. The molecule has 0 aliphatic heterocycles. The number of anilines is 1. The van der Waals surface area contributed by atoms with Gasteiger partial charge in [0.1, 0.15) is 11.6 Å². The van der Waals surface area contributed by atoms with Gasteiger partial charge in [0.05, 0.1) is 25.5 Å². The maximum atomic E-state index is 12.6. The minimum Gasteiger partial charge on any atom is -0.497 e. The predicted octanol–water partition coefficient (Wildman–Crippen LogP) is 2.23. The van der Waals surface area contributed by atoms with E-state index in [9.17, 15) is 4.79 Å². The zero-order chi connectivity index (χ0) is 23.5. The lowest BCUT2D eigenvalue weighted by molar-refractivity contribution is 0.414. The second kappa shape index (κ2) is 9.44. The van der Waals surface area contributed by atoms with E-state index in [0.717, 1.165) is 42.0 Å². The quantitative estimate of drug-likeness (QED) is 0.432. The fraction of sp³-hybridized carbons (Fsp3) is 0.292. The van der Waals surface area contributed by atoms with Crippen molar-refractivity contribution in [3.63, 3.8) is 0 Å². The first-order valence-electron chi connectivity index (χ1n) is 11.2. The van der Waals surface area contributed by atoms with Crippen LogP contribution in [0.15, 0.2) is 65.7 Å². The molecule has 1 fully saturated rings. The van der Waals surface area contributed by atoms with E-state index in [2.05, 4.69) is 25.8 Å². The molecule has 0 bridgehead atoms. The van der Waals surface area contributed by atoms with Crippen LogP contribution in [0.5, 0.6) is 5.75 Å². The monoisotopic (exact) mass is 458 g/mol. The molecule has 1 aromatic carbocycles. The summed E-state index contributed by atoms with van der Waals surface area (Å²) in [6.45, 7) is 0.484. The Bertz CT molecular complexity index is 1310. The summed E-state index contributed by atoms with van der Waals surface area (Å²) < 4.78 is 8.46. The molecular weight excluding hydrogens is 432 g/mol. The lowest BCUT2D eigenvalue weighted by Crippen LogP contribution is -2.21. The third-order valence-electron chi connectivity index (χ3n) is 6.04. The molecule has 0 amide bonds. The van der Waals surface area contributed by atoms with Gasteiger partial charge < -0.3 is 15.8 Å². The molecule has 2 atom stereocenters. The number of nitrogens with zero attached hydrogens (tertiary/aromatic N) is 6. The van der Waals surface area contributed by atoms with Gasteiger partial charge in [-0.3, -0.25) is 9.36 Å². The Morgan fingerprint density at radius 2 is 1.97 bits per heavy atom. The van der Waals surface area contributed by atoms with Gasteiger partial charge in [0.15, 0.2) is 5.82 Å². The van der Waals surface area contributed by atoms with Crippen LogP contribution >= 0.6 is 0 Å². The number of aromatic nitrogens is 6. The molecule has 0 radical (unpaired) electrons. The topological polar surface area (TPSA) is 126 Å². The maximum absolute atomic E-state index is 12.6. The SMILES string of the molecule is COc1ccc(Cn2nnnc2-c2ccc(=O)n(-c3ccc(N[C@H]4CC[C@H](N)C4)nc3)c2)cc1. The molecule has 1 aliphatic rings. The van der Waals surface area contributed by atoms with Crippen molar-refractivity contribution in [1.29, 1.82) is 0 Å². The summed E-state index contributed by atoms with van der Waals surface area (Å²) in [5.74, 6) is 2.12. The number of methoxy groups -OCH3 is 1. The lowest BCUT2D eigenvalue weighted by Gasteiger charge is -2.14. The van der Waals surface area contributed by atoms with Gasteiger partial charge in [-0.1, -0.05) is 12.1 Å². The molecule has 3 aromatic heterocycles. The van der Waals surface area contributed by atoms with Gasteiger partial charge in [-0.05, 0) is 65.6 Å². The summed E-state index contributed by atoms with van der Waals surface area (Å²) in [7, 11) is 1.63. The number of tetrazole rings is 1. The van der Waals surface area contributed by atoms with Crippen LogP contribution in [0.2, 0.25) is 0 Å². The fourth-order valence-electron chi connectivity index (χ4n) is 4.21. The average molecular weight is 459 g/mol. The van der Waals surface area contributed by atoms with Crippen LogP contribution in [0, 0.1) is 0 Å². The van der Waals surface area contributed by atoms with Crippen LogP contribution in [-0.4, -0.2) is 49.0 Å². The zero-order valence-corrected chi connectivity index (χ0v) is 18.8. The van der Waals surface area contributed by atoms with Crippen molar-refractivity contribution < 1.29 is 4.74 Å². The minimum absolute atomic E-state index is 0.165. The third kappa shape index (κ3) is 4.67. The fourth-order valence-corrected chi connectivity index (χ4v) is 4.21. The number of pyridine rings is 2. The first-order chi connectivity index (χ1) is 16.6. The van der Waals surface area contributed by atoms with Crippen molar-refractivity contribution in [2.45, 2.75) is 37.9 Å². The summed E-state index contributed by atoms with van der Waals surface area (Å²) in [6, 6.07) is 15.3. The molecule has 1 saturated carbocycles. The van der Waals surface area contributed by atoms with Crippen molar-refractivity contribution in [3.05, 3.63) is 76.8 Å². The van der Waals surface area contributed by atoms with E-state index in [0.29, 0.717) is 24.1 Å². The highest BCUT2D eigenvalue weighted by atomic mass is 16.5. The molecule has 174 valence electrons. The maximum Gasteiger partial charge on any atom is 0.255 e. The standard InChI is InChI=1S/C24H26N8O2/c1-34-21-8-2-16(3-9-21)14-32-24(28-29-30-32)17-4-11-23(33)31(15-17)20-7-10-22(26-13-20)27-19-6-5-18(25)12-19/h2-4,7-11,13,15,18-19H,5-6,12,14,25H2,1H3,(H,26,27)/t18-,19-/m0/s1. The normalized spacial score (nSPS) is 17.6. The van der Waals surface area contributed by atoms with E-state index in [1.165, 1.54) is 6.07 Å². The van der Waals surface area contributed by atoms with E-state index in [1.807, 2.05) is 36.4 Å². The molecule has 0 unspecified atom stereocenters. The third-order valence-corrected chi connectivity index (χ3v) is 6.04. The molecular formula is C24H26N8O2. The van der Waals surface area contributed by atoms with Gasteiger partial charge in [0.2, 0.25) is 0 Å².